The normalized spacial score (nSPS) is 10.3. The summed E-state index contributed by atoms with van der Waals surface area (Å²) >= 11 is 5.72. The molecule has 0 amide bonds. The fraction of sp³-hybridized carbons (Fsp3) is 0.167. The molecule has 104 valence electrons. The highest BCUT2D eigenvalue weighted by Gasteiger charge is 2.21. The van der Waals surface area contributed by atoms with Crippen LogP contribution in [-0.4, -0.2) is 22.0 Å². The second-order valence-corrected chi connectivity index (χ2v) is 4.24. The first kappa shape index (κ1) is 14.2. The Hall–Kier alpha value is -2.25. The minimum absolute atomic E-state index is 0.0459. The number of nitrogens with zero attached hydrogens (tertiary/aromatic N) is 3. The van der Waals surface area contributed by atoms with Crippen molar-refractivity contribution in [3.63, 3.8) is 0 Å². The van der Waals surface area contributed by atoms with Crippen LogP contribution in [0.2, 0.25) is 5.15 Å². The van der Waals surface area contributed by atoms with E-state index < -0.39 is 4.92 Å². The van der Waals surface area contributed by atoms with E-state index in [4.69, 9.17) is 16.3 Å². The van der Waals surface area contributed by atoms with Crippen molar-refractivity contribution in [2.24, 2.45) is 0 Å². The van der Waals surface area contributed by atoms with Crippen molar-refractivity contribution in [3.05, 3.63) is 51.4 Å². The molecule has 20 heavy (non-hydrogen) atoms. The minimum Gasteiger partial charge on any atom is -0.380 e. The number of halogens is 1. The molecule has 0 unspecified atom stereocenters. The zero-order valence-electron chi connectivity index (χ0n) is 10.5. The quantitative estimate of drug-likeness (QED) is 0.518. The fourth-order valence-electron chi connectivity index (χ4n) is 1.65. The topological polar surface area (TPSA) is 90.2 Å². The number of ether oxygens (including phenoxy) is 1. The molecule has 8 heteroatoms. The Balaban J connectivity index is 2.32. The van der Waals surface area contributed by atoms with Gasteiger partial charge in [-0.25, -0.2) is 9.97 Å². The standard InChI is InChI=1S/C12H11ClN4O3/c1-20-6-8-3-2-4-9(5-8)16-12-10(17(18)19)11(13)14-7-15-12/h2-5,7H,6H2,1H3,(H,14,15,16). The SMILES string of the molecule is COCc1cccc(Nc2ncnc(Cl)c2[N+](=O)[O-])c1. The zero-order chi connectivity index (χ0) is 14.5. The second-order valence-electron chi connectivity index (χ2n) is 3.88. The summed E-state index contributed by atoms with van der Waals surface area (Å²) in [5.41, 5.74) is 1.23. The van der Waals surface area contributed by atoms with E-state index in [1.54, 1.807) is 13.2 Å². The lowest BCUT2D eigenvalue weighted by Crippen LogP contribution is -2.02. The van der Waals surface area contributed by atoms with E-state index in [-0.39, 0.29) is 16.7 Å². The molecule has 0 aliphatic rings. The zero-order valence-corrected chi connectivity index (χ0v) is 11.3. The third-order valence-electron chi connectivity index (χ3n) is 2.46. The monoisotopic (exact) mass is 294 g/mol. The summed E-state index contributed by atoms with van der Waals surface area (Å²) in [4.78, 5) is 17.8. The van der Waals surface area contributed by atoms with Gasteiger partial charge in [-0.3, -0.25) is 10.1 Å². The number of rotatable bonds is 5. The number of anilines is 2. The van der Waals surface area contributed by atoms with Crippen molar-refractivity contribution >= 4 is 28.8 Å². The van der Waals surface area contributed by atoms with Crippen LogP contribution in [0.5, 0.6) is 0 Å². The van der Waals surface area contributed by atoms with Gasteiger partial charge in [-0.15, -0.1) is 0 Å². The number of benzene rings is 1. The lowest BCUT2D eigenvalue weighted by Gasteiger charge is -2.08. The van der Waals surface area contributed by atoms with Gasteiger partial charge < -0.3 is 10.1 Å². The van der Waals surface area contributed by atoms with Gasteiger partial charge in [0.15, 0.2) is 0 Å². The van der Waals surface area contributed by atoms with Gasteiger partial charge in [0.2, 0.25) is 11.0 Å². The van der Waals surface area contributed by atoms with Crippen molar-refractivity contribution in [1.29, 1.82) is 0 Å². The maximum Gasteiger partial charge on any atom is 0.348 e. The van der Waals surface area contributed by atoms with Gasteiger partial charge in [0.05, 0.1) is 11.5 Å². The van der Waals surface area contributed by atoms with Gasteiger partial charge in [0.25, 0.3) is 0 Å². The molecule has 1 N–H and O–H groups in total. The van der Waals surface area contributed by atoms with Gasteiger partial charge in [-0.1, -0.05) is 23.7 Å². The number of methoxy groups -OCH3 is 1. The third-order valence-corrected chi connectivity index (χ3v) is 2.74. The van der Waals surface area contributed by atoms with Crippen LogP contribution >= 0.6 is 11.6 Å². The molecule has 0 saturated heterocycles. The molecule has 0 spiro atoms. The van der Waals surface area contributed by atoms with Crippen LogP contribution in [0.1, 0.15) is 5.56 Å². The molecule has 0 atom stereocenters. The highest BCUT2D eigenvalue weighted by Crippen LogP contribution is 2.30. The van der Waals surface area contributed by atoms with E-state index in [0.29, 0.717) is 12.3 Å². The Morgan fingerprint density at radius 3 is 2.95 bits per heavy atom. The molecule has 1 aromatic carbocycles. The molecule has 1 aromatic heterocycles. The first-order valence-electron chi connectivity index (χ1n) is 5.61. The molecular formula is C12H11ClN4O3. The molecule has 1 heterocycles. The van der Waals surface area contributed by atoms with Crippen LogP contribution in [0.15, 0.2) is 30.6 Å². The molecule has 0 saturated carbocycles. The maximum atomic E-state index is 11.0. The first-order valence-corrected chi connectivity index (χ1v) is 5.99. The number of aromatic nitrogens is 2. The molecule has 2 aromatic rings. The van der Waals surface area contributed by atoms with Crippen molar-refractivity contribution in [2.45, 2.75) is 6.61 Å². The second kappa shape index (κ2) is 6.27. The molecule has 0 aliphatic heterocycles. The van der Waals surface area contributed by atoms with E-state index in [1.165, 1.54) is 0 Å². The van der Waals surface area contributed by atoms with Crippen molar-refractivity contribution in [2.75, 3.05) is 12.4 Å². The predicted octanol–water partition coefficient (Wildman–Crippen LogP) is 2.93. The fourth-order valence-corrected chi connectivity index (χ4v) is 1.85. The average Bonchev–Trinajstić information content (AvgIpc) is 2.39. The summed E-state index contributed by atoms with van der Waals surface area (Å²) < 4.78 is 5.03. The van der Waals surface area contributed by atoms with Crippen LogP contribution in [0, 0.1) is 10.1 Å². The van der Waals surface area contributed by atoms with Crippen molar-refractivity contribution < 1.29 is 9.66 Å². The largest absolute Gasteiger partial charge is 0.380 e. The lowest BCUT2D eigenvalue weighted by atomic mass is 10.2. The highest BCUT2D eigenvalue weighted by molar-refractivity contribution is 6.31. The van der Waals surface area contributed by atoms with Crippen LogP contribution in [0.4, 0.5) is 17.2 Å². The van der Waals surface area contributed by atoms with E-state index in [1.807, 2.05) is 18.2 Å². The van der Waals surface area contributed by atoms with Crippen LogP contribution in [0.3, 0.4) is 0 Å². The van der Waals surface area contributed by atoms with Crippen molar-refractivity contribution in [1.82, 2.24) is 9.97 Å². The maximum absolute atomic E-state index is 11.0. The molecule has 0 bridgehead atoms. The van der Waals surface area contributed by atoms with E-state index >= 15 is 0 Å². The summed E-state index contributed by atoms with van der Waals surface area (Å²) in [5, 5.41) is 13.6. The highest BCUT2D eigenvalue weighted by atomic mass is 35.5. The Labute approximate surface area is 119 Å². The molecule has 0 fully saturated rings. The Morgan fingerprint density at radius 2 is 2.25 bits per heavy atom. The van der Waals surface area contributed by atoms with Crippen molar-refractivity contribution in [3.8, 4) is 0 Å². The summed E-state index contributed by atoms with van der Waals surface area (Å²) in [7, 11) is 1.59. The van der Waals surface area contributed by atoms with Gasteiger partial charge in [-0.2, -0.15) is 0 Å². The lowest BCUT2D eigenvalue weighted by molar-refractivity contribution is -0.384. The molecule has 0 radical (unpaired) electrons. The molecule has 7 nitrogen and oxygen atoms in total. The van der Waals surface area contributed by atoms with Gasteiger partial charge in [0, 0.05) is 12.8 Å². The van der Waals surface area contributed by atoms with Crippen LogP contribution < -0.4 is 5.32 Å². The number of hydrogen-bond donors (Lipinski definition) is 1. The first-order chi connectivity index (χ1) is 9.61. The third kappa shape index (κ3) is 3.19. The summed E-state index contributed by atoms with van der Waals surface area (Å²) in [6, 6.07) is 7.27. The minimum atomic E-state index is -0.621. The molecule has 2 rings (SSSR count). The summed E-state index contributed by atoms with van der Waals surface area (Å²) in [6.45, 7) is 0.447. The number of nitro groups is 1. The molecular weight excluding hydrogens is 284 g/mol. The number of nitrogens with one attached hydrogen (secondary N) is 1. The van der Waals surface area contributed by atoms with E-state index in [9.17, 15) is 10.1 Å². The average molecular weight is 295 g/mol. The van der Waals surface area contributed by atoms with Gasteiger partial charge in [-0.05, 0) is 17.7 Å². The summed E-state index contributed by atoms with van der Waals surface area (Å²) in [6.07, 6.45) is 1.16. The Bertz CT molecular complexity index is 636. The smallest absolute Gasteiger partial charge is 0.348 e. The van der Waals surface area contributed by atoms with Crippen LogP contribution in [0.25, 0.3) is 0 Å². The van der Waals surface area contributed by atoms with Gasteiger partial charge in [0.1, 0.15) is 6.33 Å². The Kier molecular flexibility index (Phi) is 4.44. The van der Waals surface area contributed by atoms with E-state index in [0.717, 1.165) is 11.9 Å². The van der Waals surface area contributed by atoms with Crippen LogP contribution in [-0.2, 0) is 11.3 Å². The molecule has 0 aliphatic carbocycles. The van der Waals surface area contributed by atoms with E-state index in [2.05, 4.69) is 15.3 Å². The Morgan fingerprint density at radius 1 is 1.45 bits per heavy atom. The summed E-state index contributed by atoms with van der Waals surface area (Å²) in [5.74, 6) is 0.0459. The van der Waals surface area contributed by atoms with Gasteiger partial charge >= 0.3 is 5.69 Å². The predicted molar refractivity (Wildman–Crippen MR) is 74.1 cm³/mol. The number of hydrogen-bond acceptors (Lipinski definition) is 6.